The molecular weight excluding hydrogens is 576 g/mol. The van der Waals surface area contributed by atoms with Crippen LogP contribution < -0.4 is 20.7 Å². The Balaban J connectivity index is 1.63. The van der Waals surface area contributed by atoms with Gasteiger partial charge in [0.1, 0.15) is 24.1 Å². The molecule has 0 aliphatic rings. The lowest BCUT2D eigenvalue weighted by Crippen LogP contribution is -2.50. The number of aliphatic hydroxyl groups is 2. The van der Waals surface area contributed by atoms with Gasteiger partial charge in [0.25, 0.3) is 5.91 Å². The van der Waals surface area contributed by atoms with Crippen molar-refractivity contribution >= 4 is 29.4 Å². The van der Waals surface area contributed by atoms with E-state index in [0.717, 1.165) is 12.0 Å². The highest BCUT2D eigenvalue weighted by Gasteiger charge is 2.30. The molecule has 0 saturated carbocycles. The van der Waals surface area contributed by atoms with Crippen molar-refractivity contribution in [2.75, 3.05) is 36.9 Å². The fourth-order valence-corrected chi connectivity index (χ4v) is 4.32. The lowest BCUT2D eigenvalue weighted by molar-refractivity contribution is -0.00891. The normalized spacial score (nSPS) is 12.4. The van der Waals surface area contributed by atoms with Gasteiger partial charge in [0.2, 0.25) is 0 Å². The van der Waals surface area contributed by atoms with Gasteiger partial charge >= 0.3 is 12.1 Å². The second-order valence-electron chi connectivity index (χ2n) is 11.6. The van der Waals surface area contributed by atoms with Gasteiger partial charge in [0, 0.05) is 23.5 Å². The molecular formula is C34H44N4O7. The SMILES string of the molecule is CCCNC(=O)c1cccc(NC(=O)Nc2ccc(C[C@@H](CO)N(C[C@H](O)COc3ccccc3)C(=O)OC(C)(C)C)cc2)c1. The van der Waals surface area contributed by atoms with E-state index in [1.54, 1.807) is 81.4 Å². The van der Waals surface area contributed by atoms with Gasteiger partial charge in [-0.05, 0) is 81.6 Å². The molecule has 0 spiro atoms. The maximum absolute atomic E-state index is 13.2. The Morgan fingerprint density at radius 1 is 0.911 bits per heavy atom. The van der Waals surface area contributed by atoms with Crippen LogP contribution in [0.2, 0.25) is 0 Å². The van der Waals surface area contributed by atoms with Gasteiger partial charge in [-0.25, -0.2) is 9.59 Å². The number of carbonyl (C=O) groups is 3. The molecule has 0 aliphatic carbocycles. The largest absolute Gasteiger partial charge is 0.491 e. The lowest BCUT2D eigenvalue weighted by atomic mass is 10.0. The minimum absolute atomic E-state index is 0.0553. The van der Waals surface area contributed by atoms with Crippen LogP contribution in [0.4, 0.5) is 21.0 Å². The molecule has 0 heterocycles. The number of carbonyl (C=O) groups excluding carboxylic acids is 3. The number of rotatable bonds is 14. The second kappa shape index (κ2) is 17.0. The number of aliphatic hydroxyl groups excluding tert-OH is 2. The van der Waals surface area contributed by atoms with Crippen LogP contribution in [0.1, 0.15) is 50.0 Å². The fraction of sp³-hybridized carbons (Fsp3) is 0.382. The molecule has 0 bridgehead atoms. The van der Waals surface area contributed by atoms with Crippen molar-refractivity contribution < 1.29 is 34.1 Å². The monoisotopic (exact) mass is 620 g/mol. The van der Waals surface area contributed by atoms with Crippen molar-refractivity contribution in [3.63, 3.8) is 0 Å². The van der Waals surface area contributed by atoms with Crippen molar-refractivity contribution in [1.29, 1.82) is 0 Å². The van der Waals surface area contributed by atoms with Gasteiger partial charge in [-0.2, -0.15) is 0 Å². The Kier molecular flexibility index (Phi) is 13.2. The molecule has 0 aromatic heterocycles. The van der Waals surface area contributed by atoms with Gasteiger partial charge in [0.15, 0.2) is 0 Å². The van der Waals surface area contributed by atoms with Gasteiger partial charge < -0.3 is 35.6 Å². The van der Waals surface area contributed by atoms with Crippen LogP contribution in [-0.4, -0.2) is 77.2 Å². The van der Waals surface area contributed by atoms with E-state index in [2.05, 4.69) is 16.0 Å². The van der Waals surface area contributed by atoms with E-state index < -0.39 is 29.9 Å². The molecule has 2 atom stereocenters. The highest BCUT2D eigenvalue weighted by atomic mass is 16.6. The quantitative estimate of drug-likeness (QED) is 0.169. The first kappa shape index (κ1) is 34.9. The Labute approximate surface area is 264 Å². The smallest absolute Gasteiger partial charge is 0.410 e. The number of urea groups is 1. The molecule has 0 fully saturated rings. The molecule has 0 aliphatic heterocycles. The zero-order chi connectivity index (χ0) is 32.8. The average molecular weight is 621 g/mol. The number of ether oxygens (including phenoxy) is 2. The third kappa shape index (κ3) is 12.1. The Morgan fingerprint density at radius 2 is 1.60 bits per heavy atom. The lowest BCUT2D eigenvalue weighted by Gasteiger charge is -2.34. The van der Waals surface area contributed by atoms with Crippen LogP contribution in [0.25, 0.3) is 0 Å². The van der Waals surface area contributed by atoms with Crippen LogP contribution in [0.3, 0.4) is 0 Å². The number of amides is 4. The van der Waals surface area contributed by atoms with E-state index in [9.17, 15) is 24.6 Å². The van der Waals surface area contributed by atoms with Gasteiger partial charge in [-0.15, -0.1) is 0 Å². The predicted molar refractivity (Wildman–Crippen MR) is 174 cm³/mol. The zero-order valence-electron chi connectivity index (χ0n) is 26.3. The van der Waals surface area contributed by atoms with E-state index in [0.29, 0.717) is 29.2 Å². The van der Waals surface area contributed by atoms with E-state index >= 15 is 0 Å². The molecule has 0 saturated heterocycles. The summed E-state index contributed by atoms with van der Waals surface area (Å²) in [5.41, 5.74) is 1.44. The number of para-hydroxylation sites is 1. The fourth-order valence-electron chi connectivity index (χ4n) is 4.32. The maximum Gasteiger partial charge on any atom is 0.410 e. The van der Waals surface area contributed by atoms with Crippen LogP contribution >= 0.6 is 0 Å². The number of anilines is 2. The Bertz CT molecular complexity index is 1380. The standard InChI is InChI=1S/C34H44N4O7/c1-5-18-35-31(41)25-10-9-11-27(20-25)37-32(42)36-26-16-14-24(15-17-26)19-28(22-39)38(33(43)45-34(2,3)4)21-29(40)23-44-30-12-7-6-8-13-30/h6-17,20,28-29,39-40H,5,18-19,21-23H2,1-4H3,(H,35,41)(H2,36,37,42)/t28-,29-/m0/s1. The Morgan fingerprint density at radius 3 is 2.24 bits per heavy atom. The molecule has 11 heteroatoms. The number of hydrogen-bond donors (Lipinski definition) is 5. The van der Waals surface area contributed by atoms with Crippen LogP contribution in [-0.2, 0) is 11.2 Å². The minimum atomic E-state index is -1.04. The highest BCUT2D eigenvalue weighted by molar-refractivity contribution is 6.01. The molecule has 3 aromatic carbocycles. The summed E-state index contributed by atoms with van der Waals surface area (Å²) >= 11 is 0. The summed E-state index contributed by atoms with van der Waals surface area (Å²) in [6.45, 7) is 7.22. The topological polar surface area (TPSA) is 149 Å². The van der Waals surface area contributed by atoms with Crippen molar-refractivity contribution in [3.8, 4) is 5.75 Å². The second-order valence-corrected chi connectivity index (χ2v) is 11.6. The molecule has 3 aromatic rings. The minimum Gasteiger partial charge on any atom is -0.491 e. The summed E-state index contributed by atoms with van der Waals surface area (Å²) in [5, 5.41) is 29.3. The molecule has 4 amide bonds. The van der Waals surface area contributed by atoms with E-state index in [4.69, 9.17) is 9.47 Å². The van der Waals surface area contributed by atoms with Crippen LogP contribution in [0.5, 0.6) is 5.75 Å². The first-order chi connectivity index (χ1) is 21.5. The third-order valence-corrected chi connectivity index (χ3v) is 6.47. The number of nitrogens with zero attached hydrogens (tertiary/aromatic N) is 1. The first-order valence-corrected chi connectivity index (χ1v) is 15.0. The third-order valence-electron chi connectivity index (χ3n) is 6.47. The predicted octanol–water partition coefficient (Wildman–Crippen LogP) is 5.05. The van der Waals surface area contributed by atoms with Crippen LogP contribution in [0, 0.1) is 0 Å². The molecule has 0 radical (unpaired) electrons. The van der Waals surface area contributed by atoms with Gasteiger partial charge in [-0.1, -0.05) is 43.3 Å². The zero-order valence-corrected chi connectivity index (χ0v) is 26.3. The summed E-state index contributed by atoms with van der Waals surface area (Å²) in [7, 11) is 0. The van der Waals surface area contributed by atoms with Crippen LogP contribution in [0.15, 0.2) is 78.9 Å². The molecule has 0 unspecified atom stereocenters. The summed E-state index contributed by atoms with van der Waals surface area (Å²) < 4.78 is 11.2. The van der Waals surface area contributed by atoms with E-state index in [-0.39, 0.29) is 32.1 Å². The van der Waals surface area contributed by atoms with Gasteiger partial charge in [-0.3, -0.25) is 9.69 Å². The molecule has 45 heavy (non-hydrogen) atoms. The highest BCUT2D eigenvalue weighted by Crippen LogP contribution is 2.19. The number of benzene rings is 3. The summed E-state index contributed by atoms with van der Waals surface area (Å²) in [6.07, 6.45) is -0.617. The molecule has 5 N–H and O–H groups in total. The maximum atomic E-state index is 13.2. The molecule has 11 nitrogen and oxygen atoms in total. The number of hydrogen-bond acceptors (Lipinski definition) is 7. The first-order valence-electron chi connectivity index (χ1n) is 15.0. The molecule has 3 rings (SSSR count). The van der Waals surface area contributed by atoms with Crippen molar-refractivity contribution in [2.45, 2.75) is 58.3 Å². The number of nitrogens with one attached hydrogen (secondary N) is 3. The van der Waals surface area contributed by atoms with E-state index in [1.165, 1.54) is 4.90 Å². The van der Waals surface area contributed by atoms with Crippen molar-refractivity contribution in [1.82, 2.24) is 10.2 Å². The summed E-state index contributed by atoms with van der Waals surface area (Å²) in [5.74, 6) is 0.378. The summed E-state index contributed by atoms with van der Waals surface area (Å²) in [6, 6.07) is 21.5. The Hall–Kier alpha value is -4.61. The average Bonchev–Trinajstić information content (AvgIpc) is 3.01. The van der Waals surface area contributed by atoms with Crippen molar-refractivity contribution in [3.05, 3.63) is 90.0 Å². The van der Waals surface area contributed by atoms with Crippen molar-refractivity contribution in [2.24, 2.45) is 0 Å². The molecule has 242 valence electrons. The summed E-state index contributed by atoms with van der Waals surface area (Å²) in [4.78, 5) is 39.3. The van der Waals surface area contributed by atoms with Gasteiger partial charge in [0.05, 0.1) is 19.2 Å². The van der Waals surface area contributed by atoms with E-state index in [1.807, 2.05) is 25.1 Å².